The van der Waals surface area contributed by atoms with Crippen molar-refractivity contribution in [1.82, 2.24) is 5.32 Å². The van der Waals surface area contributed by atoms with Gasteiger partial charge in [-0.05, 0) is 54.3 Å². The fourth-order valence-electron chi connectivity index (χ4n) is 2.25. The first-order chi connectivity index (χ1) is 10.1. The summed E-state index contributed by atoms with van der Waals surface area (Å²) in [5.41, 5.74) is 3.79. The molecular formula is C19H25NO. The fraction of sp³-hybridized carbons (Fsp3) is 0.368. The van der Waals surface area contributed by atoms with Crippen molar-refractivity contribution in [3.63, 3.8) is 0 Å². The number of benzene rings is 2. The zero-order valence-electron chi connectivity index (χ0n) is 13.4. The second-order valence-electron chi connectivity index (χ2n) is 5.71. The zero-order chi connectivity index (χ0) is 15.2. The van der Waals surface area contributed by atoms with E-state index in [9.17, 15) is 0 Å². The van der Waals surface area contributed by atoms with E-state index in [0.29, 0.717) is 5.92 Å². The van der Waals surface area contributed by atoms with Crippen molar-refractivity contribution in [3.05, 3.63) is 59.2 Å². The van der Waals surface area contributed by atoms with Gasteiger partial charge in [0, 0.05) is 6.54 Å². The standard InChI is InChI=1S/C19H25NO/c1-5-20-13-16-6-11-19(15(4)12-16)21-18-9-7-17(8-10-18)14(2)3/h6-12,14,20H,5,13H2,1-4H3. The molecule has 21 heavy (non-hydrogen) atoms. The van der Waals surface area contributed by atoms with Crippen molar-refractivity contribution in [2.24, 2.45) is 0 Å². The third-order valence-corrected chi connectivity index (χ3v) is 3.59. The molecule has 0 amide bonds. The maximum Gasteiger partial charge on any atom is 0.130 e. The highest BCUT2D eigenvalue weighted by molar-refractivity contribution is 5.40. The van der Waals surface area contributed by atoms with Gasteiger partial charge in [-0.1, -0.05) is 45.0 Å². The first-order valence-corrected chi connectivity index (χ1v) is 7.68. The summed E-state index contributed by atoms with van der Waals surface area (Å²) in [5.74, 6) is 2.36. The molecule has 2 rings (SSSR count). The van der Waals surface area contributed by atoms with E-state index in [1.54, 1.807) is 0 Å². The Hall–Kier alpha value is -1.80. The molecule has 2 heteroatoms. The Morgan fingerprint density at radius 1 is 1.05 bits per heavy atom. The van der Waals surface area contributed by atoms with Gasteiger partial charge in [0.1, 0.15) is 11.5 Å². The van der Waals surface area contributed by atoms with Crippen LogP contribution in [0.25, 0.3) is 0 Å². The Bertz CT molecular complexity index is 573. The van der Waals surface area contributed by atoms with E-state index in [1.165, 1.54) is 16.7 Å². The first kappa shape index (κ1) is 15.6. The van der Waals surface area contributed by atoms with Crippen LogP contribution in [0.5, 0.6) is 11.5 Å². The number of nitrogens with one attached hydrogen (secondary N) is 1. The fourth-order valence-corrected chi connectivity index (χ4v) is 2.25. The molecule has 0 aliphatic rings. The second-order valence-corrected chi connectivity index (χ2v) is 5.71. The zero-order valence-corrected chi connectivity index (χ0v) is 13.4. The highest BCUT2D eigenvalue weighted by Gasteiger charge is 2.04. The van der Waals surface area contributed by atoms with Crippen molar-refractivity contribution < 1.29 is 4.74 Å². The van der Waals surface area contributed by atoms with Crippen molar-refractivity contribution in [2.75, 3.05) is 6.54 Å². The molecule has 2 aromatic carbocycles. The van der Waals surface area contributed by atoms with Crippen molar-refractivity contribution in [2.45, 2.75) is 40.2 Å². The van der Waals surface area contributed by atoms with Crippen LogP contribution in [0.3, 0.4) is 0 Å². The summed E-state index contributed by atoms with van der Waals surface area (Å²) in [4.78, 5) is 0. The lowest BCUT2D eigenvalue weighted by Gasteiger charge is -2.12. The number of ether oxygens (including phenoxy) is 1. The molecule has 0 atom stereocenters. The molecule has 0 heterocycles. The Labute approximate surface area is 128 Å². The maximum atomic E-state index is 5.98. The van der Waals surface area contributed by atoms with Gasteiger partial charge in [-0.25, -0.2) is 0 Å². The van der Waals surface area contributed by atoms with Crippen LogP contribution in [0.1, 0.15) is 43.4 Å². The van der Waals surface area contributed by atoms with E-state index in [-0.39, 0.29) is 0 Å². The number of rotatable bonds is 6. The van der Waals surface area contributed by atoms with Crippen LogP contribution in [0.15, 0.2) is 42.5 Å². The summed E-state index contributed by atoms with van der Waals surface area (Å²) in [6, 6.07) is 14.7. The molecule has 0 aromatic heterocycles. The van der Waals surface area contributed by atoms with Gasteiger partial charge in [0.2, 0.25) is 0 Å². The van der Waals surface area contributed by atoms with Gasteiger partial charge in [0.05, 0.1) is 0 Å². The molecule has 1 N–H and O–H groups in total. The van der Waals surface area contributed by atoms with E-state index in [2.05, 4.69) is 63.3 Å². The lowest BCUT2D eigenvalue weighted by atomic mass is 10.0. The van der Waals surface area contributed by atoms with E-state index >= 15 is 0 Å². The topological polar surface area (TPSA) is 21.3 Å². The third kappa shape index (κ3) is 4.33. The second kappa shape index (κ2) is 7.28. The molecule has 0 radical (unpaired) electrons. The van der Waals surface area contributed by atoms with Crippen LogP contribution in [0.2, 0.25) is 0 Å². The summed E-state index contributed by atoms with van der Waals surface area (Å²) in [6.45, 7) is 10.5. The molecule has 112 valence electrons. The average Bonchev–Trinajstić information content (AvgIpc) is 2.48. The molecule has 0 aliphatic carbocycles. The van der Waals surface area contributed by atoms with Crippen molar-refractivity contribution >= 4 is 0 Å². The average molecular weight is 283 g/mol. The van der Waals surface area contributed by atoms with Gasteiger partial charge in [-0.2, -0.15) is 0 Å². The summed E-state index contributed by atoms with van der Waals surface area (Å²) in [7, 11) is 0. The SMILES string of the molecule is CCNCc1ccc(Oc2ccc(C(C)C)cc2)c(C)c1. The highest BCUT2D eigenvalue weighted by Crippen LogP contribution is 2.27. The minimum absolute atomic E-state index is 0.547. The van der Waals surface area contributed by atoms with Gasteiger partial charge in [0.15, 0.2) is 0 Å². The highest BCUT2D eigenvalue weighted by atomic mass is 16.5. The maximum absolute atomic E-state index is 5.98. The molecule has 2 nitrogen and oxygen atoms in total. The molecule has 0 fully saturated rings. The predicted octanol–water partition coefficient (Wildman–Crippen LogP) is 5.02. The minimum Gasteiger partial charge on any atom is -0.457 e. The number of hydrogen-bond acceptors (Lipinski definition) is 2. The Balaban J connectivity index is 2.08. The van der Waals surface area contributed by atoms with Crippen LogP contribution >= 0.6 is 0 Å². The van der Waals surface area contributed by atoms with Gasteiger partial charge in [0.25, 0.3) is 0 Å². The quantitative estimate of drug-likeness (QED) is 0.803. The molecule has 2 aromatic rings. The normalized spacial score (nSPS) is 10.9. The van der Waals surface area contributed by atoms with E-state index in [1.807, 2.05) is 12.1 Å². The number of hydrogen-bond donors (Lipinski definition) is 1. The van der Waals surface area contributed by atoms with Crippen molar-refractivity contribution in [1.29, 1.82) is 0 Å². The van der Waals surface area contributed by atoms with Crippen LogP contribution in [-0.2, 0) is 6.54 Å². The Morgan fingerprint density at radius 2 is 1.76 bits per heavy atom. The largest absolute Gasteiger partial charge is 0.457 e. The molecule has 0 unspecified atom stereocenters. The van der Waals surface area contributed by atoms with Gasteiger partial charge in [-0.3, -0.25) is 0 Å². The first-order valence-electron chi connectivity index (χ1n) is 7.68. The summed E-state index contributed by atoms with van der Waals surface area (Å²) in [5, 5.41) is 3.34. The summed E-state index contributed by atoms with van der Waals surface area (Å²) >= 11 is 0. The van der Waals surface area contributed by atoms with Crippen LogP contribution < -0.4 is 10.1 Å². The summed E-state index contributed by atoms with van der Waals surface area (Å²) < 4.78 is 5.98. The van der Waals surface area contributed by atoms with Crippen molar-refractivity contribution in [3.8, 4) is 11.5 Å². The molecule has 0 bridgehead atoms. The Morgan fingerprint density at radius 3 is 2.33 bits per heavy atom. The van der Waals surface area contributed by atoms with Gasteiger partial charge in [-0.15, -0.1) is 0 Å². The lowest BCUT2D eigenvalue weighted by molar-refractivity contribution is 0.478. The van der Waals surface area contributed by atoms with Gasteiger partial charge < -0.3 is 10.1 Å². The van der Waals surface area contributed by atoms with E-state index in [0.717, 1.165) is 24.6 Å². The molecule has 0 aliphatic heterocycles. The van der Waals surface area contributed by atoms with E-state index in [4.69, 9.17) is 4.74 Å². The monoisotopic (exact) mass is 283 g/mol. The molecule has 0 saturated heterocycles. The third-order valence-electron chi connectivity index (χ3n) is 3.59. The Kier molecular flexibility index (Phi) is 5.40. The molecule has 0 spiro atoms. The van der Waals surface area contributed by atoms with Crippen LogP contribution in [-0.4, -0.2) is 6.54 Å². The molecular weight excluding hydrogens is 258 g/mol. The smallest absolute Gasteiger partial charge is 0.130 e. The van der Waals surface area contributed by atoms with E-state index < -0.39 is 0 Å². The van der Waals surface area contributed by atoms with Crippen LogP contribution in [0.4, 0.5) is 0 Å². The lowest BCUT2D eigenvalue weighted by Crippen LogP contribution is -2.11. The van der Waals surface area contributed by atoms with Gasteiger partial charge >= 0.3 is 0 Å². The number of aryl methyl sites for hydroxylation is 1. The van der Waals surface area contributed by atoms with Crippen LogP contribution in [0, 0.1) is 6.92 Å². The predicted molar refractivity (Wildman–Crippen MR) is 89.2 cm³/mol. The minimum atomic E-state index is 0.547. The summed E-state index contributed by atoms with van der Waals surface area (Å²) in [6.07, 6.45) is 0. The molecule has 0 saturated carbocycles.